The highest BCUT2D eigenvalue weighted by Crippen LogP contribution is 2.26. The Morgan fingerprint density at radius 2 is 1.78 bits per heavy atom. The number of nitrogens with one attached hydrogen (secondary N) is 1. The van der Waals surface area contributed by atoms with E-state index in [2.05, 4.69) is 5.32 Å². The second-order valence-corrected chi connectivity index (χ2v) is 7.05. The van der Waals surface area contributed by atoms with Crippen LogP contribution in [0.4, 0.5) is 10.5 Å². The number of primary sulfonamides is 1. The van der Waals surface area contributed by atoms with Crippen molar-refractivity contribution in [3.05, 3.63) is 48.5 Å². The van der Waals surface area contributed by atoms with Gasteiger partial charge in [-0.1, -0.05) is 12.1 Å². The monoisotopic (exact) mass is 395 g/mol. The van der Waals surface area contributed by atoms with Crippen LogP contribution in [0.1, 0.15) is 0 Å². The van der Waals surface area contributed by atoms with Gasteiger partial charge in [0.05, 0.1) is 18.6 Å². The van der Waals surface area contributed by atoms with Crippen molar-refractivity contribution in [3.8, 4) is 11.5 Å². The smallest absolute Gasteiger partial charge is 0.407 e. The molecule has 27 heavy (non-hydrogen) atoms. The molecule has 2 aromatic rings. The zero-order chi connectivity index (χ0) is 19.9. The Morgan fingerprint density at radius 3 is 2.30 bits per heavy atom. The van der Waals surface area contributed by atoms with Crippen LogP contribution in [0.15, 0.2) is 53.4 Å². The predicted octanol–water partition coefficient (Wildman–Crippen LogP) is 1.10. The number of para-hydroxylation sites is 2. The Kier molecular flexibility index (Phi) is 6.85. The highest BCUT2D eigenvalue weighted by Gasteiger charge is 2.23. The molecule has 0 bridgehead atoms. The summed E-state index contributed by atoms with van der Waals surface area (Å²) in [5.74, 6) is 1.31. The van der Waals surface area contributed by atoms with Crippen LogP contribution in [0.3, 0.4) is 0 Å². The van der Waals surface area contributed by atoms with Gasteiger partial charge in [-0.15, -0.1) is 0 Å². The van der Waals surface area contributed by atoms with Gasteiger partial charge < -0.3 is 25.3 Å². The summed E-state index contributed by atoms with van der Waals surface area (Å²) in [5.41, 5.74) is 5.85. The van der Waals surface area contributed by atoms with Gasteiger partial charge in [0.15, 0.2) is 17.6 Å². The van der Waals surface area contributed by atoms with E-state index in [0.29, 0.717) is 30.3 Å². The van der Waals surface area contributed by atoms with E-state index >= 15 is 0 Å². The molecule has 1 fully saturated rings. The summed E-state index contributed by atoms with van der Waals surface area (Å²) < 4.78 is 37.0. The van der Waals surface area contributed by atoms with Gasteiger partial charge in [-0.2, -0.15) is 0 Å². The number of carbonyl (C=O) groups excluding carboxylic acids is 1. The minimum absolute atomic E-state index is 0.0756. The first kappa shape index (κ1) is 20.3. The van der Waals surface area contributed by atoms with Crippen LogP contribution >= 0.6 is 0 Å². The molecular weight excluding hydrogens is 374 g/mol. The third kappa shape index (κ3) is 6.35. The van der Waals surface area contributed by atoms with Crippen LogP contribution in [0.2, 0.25) is 0 Å². The van der Waals surface area contributed by atoms with Crippen molar-refractivity contribution in [3.63, 3.8) is 0 Å². The molecule has 9 nitrogen and oxygen atoms in total. The molecule has 0 aliphatic carbocycles. The maximum absolute atomic E-state index is 10.8. The molecule has 146 valence electrons. The quantitative estimate of drug-likeness (QED) is 0.643. The summed E-state index contributed by atoms with van der Waals surface area (Å²) in [5, 5.41) is 7.40. The van der Waals surface area contributed by atoms with Gasteiger partial charge >= 0.3 is 6.09 Å². The van der Waals surface area contributed by atoms with Crippen LogP contribution in [0.5, 0.6) is 11.5 Å². The summed E-state index contributed by atoms with van der Waals surface area (Å²) in [6.45, 7) is 0.799. The molecule has 1 saturated heterocycles. The number of hydrogen-bond donors (Lipinski definition) is 3. The van der Waals surface area contributed by atoms with Crippen molar-refractivity contribution < 1.29 is 27.4 Å². The molecule has 1 atom stereocenters. The lowest BCUT2D eigenvalue weighted by Gasteiger charge is -2.12. The molecule has 1 heterocycles. The first-order chi connectivity index (χ1) is 12.8. The van der Waals surface area contributed by atoms with Gasteiger partial charge in [0.25, 0.3) is 0 Å². The lowest BCUT2D eigenvalue weighted by molar-refractivity contribution is 0.103. The maximum atomic E-state index is 10.8. The average molecular weight is 395 g/mol. The third-order valence-electron chi connectivity index (χ3n) is 3.45. The molecule has 1 amide bonds. The number of ether oxygens (including phenoxy) is 3. The molecule has 2 aromatic carbocycles. The number of benzene rings is 2. The molecule has 5 N–H and O–H groups in total. The van der Waals surface area contributed by atoms with Crippen LogP contribution in [-0.2, 0) is 14.8 Å². The number of hydrogen-bond acceptors (Lipinski definition) is 7. The van der Waals surface area contributed by atoms with E-state index in [4.69, 9.17) is 25.1 Å². The summed E-state index contributed by atoms with van der Waals surface area (Å²) in [7, 11) is -1.99. The fourth-order valence-corrected chi connectivity index (χ4v) is 2.62. The van der Waals surface area contributed by atoms with E-state index in [1.807, 2.05) is 24.3 Å². The minimum Gasteiger partial charge on any atom is -0.493 e. The van der Waals surface area contributed by atoms with Gasteiger partial charge in [-0.3, -0.25) is 0 Å². The average Bonchev–Trinajstić information content (AvgIpc) is 3.05. The lowest BCUT2D eigenvalue weighted by Crippen LogP contribution is -2.22. The van der Waals surface area contributed by atoms with Gasteiger partial charge in [-0.25, -0.2) is 18.4 Å². The molecule has 0 spiro atoms. The van der Waals surface area contributed by atoms with Gasteiger partial charge in [0.2, 0.25) is 10.0 Å². The van der Waals surface area contributed by atoms with Crippen molar-refractivity contribution in [2.45, 2.75) is 11.0 Å². The first-order valence-corrected chi connectivity index (χ1v) is 9.43. The zero-order valence-corrected chi connectivity index (χ0v) is 15.4. The molecule has 0 aromatic heterocycles. The highest BCUT2D eigenvalue weighted by molar-refractivity contribution is 7.89. The number of rotatable bonds is 5. The van der Waals surface area contributed by atoms with Crippen molar-refractivity contribution in [2.24, 2.45) is 5.14 Å². The second kappa shape index (κ2) is 9.10. The Balaban J connectivity index is 0.000000208. The Morgan fingerprint density at radius 1 is 1.15 bits per heavy atom. The molecule has 1 unspecified atom stereocenters. The number of carbonyl (C=O) groups is 1. The third-order valence-corrected chi connectivity index (χ3v) is 4.38. The Hall–Kier alpha value is -2.98. The SMILES string of the molecule is COc1ccccc1OCC1CNC(=O)O1.Nc1ccc(S(N)(=O)=O)cc1. The summed E-state index contributed by atoms with van der Waals surface area (Å²) in [6, 6.07) is 13.0. The number of amides is 1. The minimum atomic E-state index is -3.58. The number of cyclic esters (lactones) is 1. The zero-order valence-electron chi connectivity index (χ0n) is 14.6. The van der Waals surface area contributed by atoms with Gasteiger partial charge in [0.1, 0.15) is 6.61 Å². The summed E-state index contributed by atoms with van der Waals surface area (Å²) in [4.78, 5) is 10.8. The molecule has 10 heteroatoms. The Labute approximate surface area is 157 Å². The first-order valence-electron chi connectivity index (χ1n) is 7.88. The number of nitrogens with two attached hydrogens (primary N) is 2. The van der Waals surface area contributed by atoms with E-state index in [0.717, 1.165) is 0 Å². The number of anilines is 1. The van der Waals surface area contributed by atoms with E-state index in [1.165, 1.54) is 24.3 Å². The second-order valence-electron chi connectivity index (χ2n) is 5.48. The van der Waals surface area contributed by atoms with E-state index < -0.39 is 16.1 Å². The molecule has 0 saturated carbocycles. The van der Waals surface area contributed by atoms with Gasteiger partial charge in [0, 0.05) is 5.69 Å². The molecule has 0 radical (unpaired) electrons. The maximum Gasteiger partial charge on any atom is 0.407 e. The number of alkyl carbamates (subject to hydrolysis) is 1. The van der Waals surface area contributed by atoms with Crippen LogP contribution in [0.25, 0.3) is 0 Å². The van der Waals surface area contributed by atoms with Crippen molar-refractivity contribution in [1.29, 1.82) is 0 Å². The van der Waals surface area contributed by atoms with Crippen molar-refractivity contribution in [1.82, 2.24) is 5.32 Å². The fraction of sp³-hybridized carbons (Fsp3) is 0.235. The van der Waals surface area contributed by atoms with Crippen LogP contribution in [-0.4, -0.2) is 40.9 Å². The molecule has 3 rings (SSSR count). The topological polar surface area (TPSA) is 143 Å². The van der Waals surface area contributed by atoms with Crippen molar-refractivity contribution in [2.75, 3.05) is 26.0 Å². The Bertz CT molecular complexity index is 870. The molecular formula is C17H21N3O6S. The lowest BCUT2D eigenvalue weighted by atomic mass is 10.3. The van der Waals surface area contributed by atoms with Crippen molar-refractivity contribution >= 4 is 21.8 Å². The number of sulfonamides is 1. The molecule has 1 aliphatic heterocycles. The van der Waals surface area contributed by atoms with E-state index in [9.17, 15) is 13.2 Å². The molecule has 1 aliphatic rings. The van der Waals surface area contributed by atoms with Crippen LogP contribution in [0, 0.1) is 0 Å². The fourth-order valence-electron chi connectivity index (χ4n) is 2.10. The largest absolute Gasteiger partial charge is 0.493 e. The number of methoxy groups -OCH3 is 1. The number of nitrogen functional groups attached to an aromatic ring is 1. The standard InChI is InChI=1S/C11H13NO4.C6H8N2O2S/c1-14-9-4-2-3-5-10(9)15-7-8-6-12-11(13)16-8;7-5-1-3-6(4-2-5)11(8,9)10/h2-5,8H,6-7H2,1H3,(H,12,13);1-4H,7H2,(H2,8,9,10). The summed E-state index contributed by atoms with van der Waals surface area (Å²) in [6.07, 6.45) is -0.633. The van der Waals surface area contributed by atoms with E-state index in [-0.39, 0.29) is 11.0 Å². The normalized spacial score (nSPS) is 15.8. The predicted molar refractivity (Wildman–Crippen MR) is 99.0 cm³/mol. The van der Waals surface area contributed by atoms with Gasteiger partial charge in [-0.05, 0) is 36.4 Å². The van der Waals surface area contributed by atoms with Crippen LogP contribution < -0.4 is 25.7 Å². The summed E-state index contributed by atoms with van der Waals surface area (Å²) >= 11 is 0. The highest BCUT2D eigenvalue weighted by atomic mass is 32.2. The van der Waals surface area contributed by atoms with E-state index in [1.54, 1.807) is 7.11 Å².